The molecule has 1 aliphatic heterocycles. The molecule has 1 saturated heterocycles. The smallest absolute Gasteiger partial charge is 0.223 e. The minimum Gasteiger partial charge on any atom is -0.370 e. The Morgan fingerprint density at radius 1 is 1.13 bits per heavy atom. The maximum absolute atomic E-state index is 13.4. The van der Waals surface area contributed by atoms with Gasteiger partial charge in [0.1, 0.15) is 0 Å². The van der Waals surface area contributed by atoms with Gasteiger partial charge in [0.2, 0.25) is 11.8 Å². The van der Waals surface area contributed by atoms with Crippen LogP contribution in [0.1, 0.15) is 75.8 Å². The van der Waals surface area contributed by atoms with Crippen LogP contribution in [0.15, 0.2) is 24.3 Å². The Kier molecular flexibility index (Phi) is 8.32. The highest BCUT2D eigenvalue weighted by molar-refractivity contribution is 5.77. The number of aryl methyl sites for hydroxylation is 1. The Morgan fingerprint density at radius 2 is 1.83 bits per heavy atom. The van der Waals surface area contributed by atoms with Crippen molar-refractivity contribution in [2.45, 2.75) is 90.3 Å². The molecule has 1 atom stereocenters. The average molecular weight is 414 g/mol. The molecule has 2 aliphatic rings. The Hall–Kier alpha value is -1.88. The third-order valence-electron chi connectivity index (χ3n) is 7.00. The van der Waals surface area contributed by atoms with Crippen LogP contribution in [0.3, 0.4) is 0 Å². The van der Waals surface area contributed by atoms with Gasteiger partial charge in [-0.15, -0.1) is 0 Å². The van der Waals surface area contributed by atoms with Crippen molar-refractivity contribution < 1.29 is 9.59 Å². The molecule has 0 radical (unpaired) electrons. The van der Waals surface area contributed by atoms with Gasteiger partial charge in [-0.1, -0.05) is 49.1 Å². The van der Waals surface area contributed by atoms with Gasteiger partial charge in [-0.2, -0.15) is 0 Å². The number of hydrogen-bond acceptors (Lipinski definition) is 3. The summed E-state index contributed by atoms with van der Waals surface area (Å²) in [5, 5.41) is 0. The van der Waals surface area contributed by atoms with E-state index in [2.05, 4.69) is 47.9 Å². The first-order valence-electron chi connectivity index (χ1n) is 11.8. The summed E-state index contributed by atoms with van der Waals surface area (Å²) in [5.41, 5.74) is 7.84. The van der Waals surface area contributed by atoms with Gasteiger partial charge in [-0.25, -0.2) is 0 Å². The van der Waals surface area contributed by atoms with Gasteiger partial charge >= 0.3 is 0 Å². The molecule has 5 heteroatoms. The van der Waals surface area contributed by atoms with Crippen molar-refractivity contribution >= 4 is 11.8 Å². The fraction of sp³-hybridized carbons (Fsp3) is 0.680. The van der Waals surface area contributed by atoms with Crippen LogP contribution in [0.2, 0.25) is 0 Å². The number of nitrogens with two attached hydrogens (primary N) is 1. The van der Waals surface area contributed by atoms with Crippen LogP contribution < -0.4 is 5.73 Å². The minimum absolute atomic E-state index is 0.173. The lowest BCUT2D eigenvalue weighted by Gasteiger charge is -2.41. The van der Waals surface area contributed by atoms with E-state index in [1.807, 2.05) is 0 Å². The molecule has 0 spiro atoms. The Bertz CT molecular complexity index is 706. The lowest BCUT2D eigenvalue weighted by Crippen LogP contribution is -2.49. The number of benzene rings is 1. The van der Waals surface area contributed by atoms with Crippen molar-refractivity contribution in [1.29, 1.82) is 0 Å². The quantitative estimate of drug-likeness (QED) is 0.700. The standard InChI is InChI=1S/C25H39N3O2/c1-19-7-6-10-22(15-19)18-28(25(30)17-21-8-4-3-5-9-21)23-11-13-27(14-12-23)20(2)16-24(26)29/h6-7,10,15,20-21,23H,3-5,8-9,11-14,16-18H2,1-2H3,(H2,26,29). The number of hydrogen-bond donors (Lipinski definition) is 1. The van der Waals surface area contributed by atoms with E-state index in [0.717, 1.165) is 25.9 Å². The first-order valence-corrected chi connectivity index (χ1v) is 11.8. The van der Waals surface area contributed by atoms with Crippen LogP contribution in [-0.2, 0) is 16.1 Å². The number of rotatable bonds is 8. The summed E-state index contributed by atoms with van der Waals surface area (Å²) < 4.78 is 0. The van der Waals surface area contributed by atoms with Crippen LogP contribution in [-0.4, -0.2) is 46.8 Å². The summed E-state index contributed by atoms with van der Waals surface area (Å²) in [4.78, 5) is 29.2. The fourth-order valence-electron chi connectivity index (χ4n) is 5.24. The molecule has 2 fully saturated rings. The summed E-state index contributed by atoms with van der Waals surface area (Å²) in [7, 11) is 0. The molecule has 0 bridgehead atoms. The molecule has 5 nitrogen and oxygen atoms in total. The lowest BCUT2D eigenvalue weighted by molar-refractivity contribution is -0.136. The van der Waals surface area contributed by atoms with E-state index >= 15 is 0 Å². The largest absolute Gasteiger partial charge is 0.370 e. The SMILES string of the molecule is Cc1cccc(CN(C(=O)CC2CCCCC2)C2CCN(C(C)CC(N)=O)CC2)c1. The second kappa shape index (κ2) is 10.9. The van der Waals surface area contributed by atoms with Gasteiger partial charge in [-0.3, -0.25) is 14.5 Å². The second-order valence-electron chi connectivity index (χ2n) is 9.51. The highest BCUT2D eigenvalue weighted by Crippen LogP contribution is 2.29. The third-order valence-corrected chi connectivity index (χ3v) is 7.00. The van der Waals surface area contributed by atoms with Crippen molar-refractivity contribution in [3.05, 3.63) is 35.4 Å². The van der Waals surface area contributed by atoms with Crippen molar-refractivity contribution in [2.75, 3.05) is 13.1 Å². The zero-order valence-corrected chi connectivity index (χ0v) is 18.8. The number of amides is 2. The molecule has 1 heterocycles. The molecule has 3 rings (SSSR count). The van der Waals surface area contributed by atoms with E-state index in [9.17, 15) is 9.59 Å². The van der Waals surface area contributed by atoms with E-state index in [0.29, 0.717) is 31.2 Å². The van der Waals surface area contributed by atoms with E-state index < -0.39 is 0 Å². The zero-order valence-electron chi connectivity index (χ0n) is 18.8. The molecule has 1 saturated carbocycles. The Balaban J connectivity index is 1.66. The summed E-state index contributed by atoms with van der Waals surface area (Å²) in [6.07, 6.45) is 9.29. The van der Waals surface area contributed by atoms with Crippen LogP contribution in [0.4, 0.5) is 0 Å². The Morgan fingerprint density at radius 3 is 2.47 bits per heavy atom. The summed E-state index contributed by atoms with van der Waals surface area (Å²) >= 11 is 0. The second-order valence-corrected chi connectivity index (χ2v) is 9.51. The minimum atomic E-state index is -0.242. The molecule has 1 aromatic carbocycles. The molecule has 30 heavy (non-hydrogen) atoms. The summed E-state index contributed by atoms with van der Waals surface area (Å²) in [5.74, 6) is 0.641. The van der Waals surface area contributed by atoms with Crippen molar-refractivity contribution in [3.63, 3.8) is 0 Å². The van der Waals surface area contributed by atoms with Crippen molar-refractivity contribution in [2.24, 2.45) is 11.7 Å². The van der Waals surface area contributed by atoms with Gasteiger partial charge in [0.05, 0.1) is 0 Å². The zero-order chi connectivity index (χ0) is 21.5. The topological polar surface area (TPSA) is 66.6 Å². The predicted molar refractivity (Wildman–Crippen MR) is 121 cm³/mol. The molecule has 2 amide bonds. The maximum atomic E-state index is 13.4. The number of carbonyl (C=O) groups excluding carboxylic acids is 2. The third kappa shape index (κ3) is 6.56. The first-order chi connectivity index (χ1) is 14.4. The highest BCUT2D eigenvalue weighted by Gasteiger charge is 2.31. The van der Waals surface area contributed by atoms with Gasteiger partial charge in [-0.05, 0) is 51.0 Å². The lowest BCUT2D eigenvalue weighted by atomic mass is 9.86. The van der Waals surface area contributed by atoms with E-state index in [4.69, 9.17) is 5.73 Å². The van der Waals surface area contributed by atoms with Gasteiger partial charge in [0.25, 0.3) is 0 Å². The highest BCUT2D eigenvalue weighted by atomic mass is 16.2. The molecule has 1 aromatic rings. The van der Waals surface area contributed by atoms with Crippen LogP contribution >= 0.6 is 0 Å². The molecule has 2 N–H and O–H groups in total. The number of primary amides is 1. The van der Waals surface area contributed by atoms with E-state index in [1.165, 1.54) is 43.2 Å². The molecule has 166 valence electrons. The Labute approximate surface area is 182 Å². The van der Waals surface area contributed by atoms with Gasteiger partial charge in [0.15, 0.2) is 0 Å². The molecule has 1 unspecified atom stereocenters. The van der Waals surface area contributed by atoms with Crippen molar-refractivity contribution in [3.8, 4) is 0 Å². The van der Waals surface area contributed by atoms with Gasteiger partial charge in [0, 0.05) is 44.6 Å². The predicted octanol–water partition coefficient (Wildman–Crippen LogP) is 4.02. The van der Waals surface area contributed by atoms with Crippen LogP contribution in [0, 0.1) is 12.8 Å². The molecular weight excluding hydrogens is 374 g/mol. The molecular formula is C25H39N3O2. The molecule has 1 aliphatic carbocycles. The average Bonchev–Trinajstić information content (AvgIpc) is 2.72. The monoisotopic (exact) mass is 413 g/mol. The van der Waals surface area contributed by atoms with E-state index in [-0.39, 0.29) is 18.0 Å². The normalized spacial score (nSPS) is 20.1. The maximum Gasteiger partial charge on any atom is 0.223 e. The summed E-state index contributed by atoms with van der Waals surface area (Å²) in [6, 6.07) is 8.98. The van der Waals surface area contributed by atoms with Gasteiger partial charge < -0.3 is 10.6 Å². The van der Waals surface area contributed by atoms with Crippen molar-refractivity contribution in [1.82, 2.24) is 9.80 Å². The van der Waals surface area contributed by atoms with E-state index in [1.54, 1.807) is 0 Å². The number of carbonyl (C=O) groups is 2. The number of likely N-dealkylation sites (tertiary alicyclic amines) is 1. The van der Waals surface area contributed by atoms with Crippen LogP contribution in [0.25, 0.3) is 0 Å². The first kappa shape index (κ1) is 22.8. The number of nitrogens with zero attached hydrogens (tertiary/aromatic N) is 2. The number of piperidine rings is 1. The summed E-state index contributed by atoms with van der Waals surface area (Å²) in [6.45, 7) is 6.72. The van der Waals surface area contributed by atoms with Crippen LogP contribution in [0.5, 0.6) is 0 Å². The molecule has 0 aromatic heterocycles. The fourth-order valence-corrected chi connectivity index (χ4v) is 5.24.